The number of para-hydroxylation sites is 1. The maximum Gasteiger partial charge on any atom is 0.279 e. The molecule has 5 nitrogen and oxygen atoms in total. The van der Waals surface area contributed by atoms with E-state index in [4.69, 9.17) is 5.73 Å². The van der Waals surface area contributed by atoms with Crippen LogP contribution in [0.15, 0.2) is 36.4 Å². The van der Waals surface area contributed by atoms with Crippen molar-refractivity contribution >= 4 is 17.4 Å². The van der Waals surface area contributed by atoms with E-state index in [9.17, 15) is 4.79 Å². The summed E-state index contributed by atoms with van der Waals surface area (Å²) in [4.78, 5) is 14.3. The average molecular weight is 254 g/mol. The smallest absolute Gasteiger partial charge is 0.279 e. The fraction of sp³-hybridized carbons (Fsp3) is 0.214. The van der Waals surface area contributed by atoms with Crippen molar-refractivity contribution in [1.29, 1.82) is 0 Å². The molecule has 0 aliphatic carbocycles. The Labute approximate surface area is 111 Å². The van der Waals surface area contributed by atoms with Crippen molar-refractivity contribution in [2.24, 2.45) is 0 Å². The number of benzene rings is 1. The Balaban J connectivity index is 1.98. The van der Waals surface area contributed by atoms with Crippen LogP contribution in [-0.2, 0) is 6.42 Å². The van der Waals surface area contributed by atoms with E-state index in [0.717, 1.165) is 12.1 Å². The number of nitrogens with zero attached hydrogens (tertiary/aromatic N) is 3. The fourth-order valence-electron chi connectivity index (χ4n) is 2.46. The number of nitrogen functional groups attached to an aromatic ring is 1. The molecule has 1 amide bonds. The Morgan fingerprint density at radius 3 is 2.79 bits per heavy atom. The monoisotopic (exact) mass is 254 g/mol. The third-order valence-electron chi connectivity index (χ3n) is 3.33. The lowest BCUT2D eigenvalue weighted by molar-refractivity contribution is 0.0976. The van der Waals surface area contributed by atoms with Crippen LogP contribution in [0.2, 0.25) is 0 Å². The van der Waals surface area contributed by atoms with Crippen molar-refractivity contribution < 1.29 is 4.79 Å². The van der Waals surface area contributed by atoms with E-state index in [1.54, 1.807) is 17.0 Å². The summed E-state index contributed by atoms with van der Waals surface area (Å²) in [5, 5.41) is 7.60. The number of amides is 1. The van der Waals surface area contributed by atoms with Gasteiger partial charge in [0.15, 0.2) is 5.69 Å². The molecule has 0 radical (unpaired) electrons. The Morgan fingerprint density at radius 2 is 2.05 bits per heavy atom. The first-order valence-electron chi connectivity index (χ1n) is 6.17. The molecule has 1 aliphatic heterocycles. The highest BCUT2D eigenvalue weighted by atomic mass is 16.2. The summed E-state index contributed by atoms with van der Waals surface area (Å²) in [7, 11) is 0. The number of aromatic nitrogens is 2. The number of rotatable bonds is 1. The summed E-state index contributed by atoms with van der Waals surface area (Å²) in [6.45, 7) is 2.03. The van der Waals surface area contributed by atoms with Crippen LogP contribution in [0.3, 0.4) is 0 Å². The molecule has 0 spiro atoms. The van der Waals surface area contributed by atoms with Crippen molar-refractivity contribution in [1.82, 2.24) is 10.2 Å². The van der Waals surface area contributed by atoms with Crippen LogP contribution in [0.25, 0.3) is 0 Å². The minimum atomic E-state index is -0.134. The molecular formula is C14H14N4O. The minimum absolute atomic E-state index is 0.129. The third kappa shape index (κ3) is 1.93. The Kier molecular flexibility index (Phi) is 2.67. The first kappa shape index (κ1) is 11.6. The van der Waals surface area contributed by atoms with Crippen LogP contribution in [0.5, 0.6) is 0 Å². The number of carbonyl (C=O) groups is 1. The summed E-state index contributed by atoms with van der Waals surface area (Å²) < 4.78 is 0. The maximum atomic E-state index is 12.5. The quantitative estimate of drug-likeness (QED) is 0.839. The molecule has 0 fully saturated rings. The first-order chi connectivity index (χ1) is 9.16. The number of carbonyl (C=O) groups excluding carboxylic acids is 1. The minimum Gasteiger partial charge on any atom is -0.382 e. The van der Waals surface area contributed by atoms with Gasteiger partial charge >= 0.3 is 0 Å². The van der Waals surface area contributed by atoms with Gasteiger partial charge in [-0.25, -0.2) is 0 Å². The molecule has 5 heteroatoms. The second kappa shape index (κ2) is 4.35. The zero-order valence-corrected chi connectivity index (χ0v) is 10.6. The fourth-order valence-corrected chi connectivity index (χ4v) is 2.46. The second-order valence-electron chi connectivity index (χ2n) is 4.70. The normalized spacial score (nSPS) is 17.3. The van der Waals surface area contributed by atoms with E-state index < -0.39 is 0 Å². The molecule has 0 bridgehead atoms. The largest absolute Gasteiger partial charge is 0.382 e. The van der Waals surface area contributed by atoms with Crippen molar-refractivity contribution in [3.05, 3.63) is 47.7 Å². The number of fused-ring (bicyclic) bond motifs is 1. The molecule has 1 aliphatic rings. The molecule has 1 unspecified atom stereocenters. The van der Waals surface area contributed by atoms with Crippen molar-refractivity contribution in [2.75, 3.05) is 10.6 Å². The lowest BCUT2D eigenvalue weighted by Gasteiger charge is -2.21. The molecule has 2 aromatic rings. The van der Waals surface area contributed by atoms with Gasteiger partial charge in [-0.15, -0.1) is 10.2 Å². The van der Waals surface area contributed by atoms with Crippen molar-refractivity contribution in [2.45, 2.75) is 19.4 Å². The Hall–Kier alpha value is -2.43. The highest BCUT2D eigenvalue weighted by Crippen LogP contribution is 2.32. The topological polar surface area (TPSA) is 72.1 Å². The molecule has 19 heavy (non-hydrogen) atoms. The Bertz CT molecular complexity index is 624. The molecule has 96 valence electrons. The number of anilines is 2. The van der Waals surface area contributed by atoms with E-state index >= 15 is 0 Å². The molecule has 0 saturated heterocycles. The van der Waals surface area contributed by atoms with Gasteiger partial charge in [0, 0.05) is 11.7 Å². The maximum absolute atomic E-state index is 12.5. The molecule has 1 atom stereocenters. The highest BCUT2D eigenvalue weighted by Gasteiger charge is 2.31. The SMILES string of the molecule is CC1Cc2ccccc2N1C(=O)c1ccc(N)nn1. The van der Waals surface area contributed by atoms with Crippen LogP contribution in [-0.4, -0.2) is 22.1 Å². The zero-order chi connectivity index (χ0) is 13.4. The van der Waals surface area contributed by atoms with Gasteiger partial charge < -0.3 is 10.6 Å². The van der Waals surface area contributed by atoms with Crippen LogP contribution in [0.1, 0.15) is 23.0 Å². The lowest BCUT2D eigenvalue weighted by atomic mass is 10.1. The van der Waals surface area contributed by atoms with Crippen LogP contribution in [0, 0.1) is 0 Å². The number of hydrogen-bond acceptors (Lipinski definition) is 4. The molecule has 2 N–H and O–H groups in total. The lowest BCUT2D eigenvalue weighted by Crippen LogP contribution is -2.36. The predicted molar refractivity (Wildman–Crippen MR) is 72.9 cm³/mol. The predicted octanol–water partition coefficient (Wildman–Crippen LogP) is 1.65. The molecule has 0 saturated carbocycles. The summed E-state index contributed by atoms with van der Waals surface area (Å²) in [5.41, 5.74) is 7.95. The van der Waals surface area contributed by atoms with Gasteiger partial charge in [0.25, 0.3) is 5.91 Å². The van der Waals surface area contributed by atoms with Gasteiger partial charge in [-0.05, 0) is 37.1 Å². The van der Waals surface area contributed by atoms with Crippen molar-refractivity contribution in [3.63, 3.8) is 0 Å². The highest BCUT2D eigenvalue weighted by molar-refractivity contribution is 6.06. The van der Waals surface area contributed by atoms with Crippen LogP contribution >= 0.6 is 0 Å². The van der Waals surface area contributed by atoms with Gasteiger partial charge in [0.2, 0.25) is 0 Å². The van der Waals surface area contributed by atoms with E-state index in [-0.39, 0.29) is 11.9 Å². The number of hydrogen-bond donors (Lipinski definition) is 1. The number of nitrogens with two attached hydrogens (primary N) is 1. The van der Waals surface area contributed by atoms with E-state index in [1.165, 1.54) is 5.56 Å². The molecule has 2 heterocycles. The third-order valence-corrected chi connectivity index (χ3v) is 3.33. The second-order valence-corrected chi connectivity index (χ2v) is 4.70. The molecule has 1 aromatic carbocycles. The van der Waals surface area contributed by atoms with Gasteiger partial charge in [-0.1, -0.05) is 18.2 Å². The first-order valence-corrected chi connectivity index (χ1v) is 6.17. The van der Waals surface area contributed by atoms with Gasteiger partial charge in [0.1, 0.15) is 5.82 Å². The summed E-state index contributed by atoms with van der Waals surface area (Å²) >= 11 is 0. The van der Waals surface area contributed by atoms with Crippen molar-refractivity contribution in [3.8, 4) is 0 Å². The van der Waals surface area contributed by atoms with Crippen LogP contribution < -0.4 is 10.6 Å². The summed E-state index contributed by atoms with van der Waals surface area (Å²) in [6, 6.07) is 11.3. The van der Waals surface area contributed by atoms with Gasteiger partial charge in [-0.3, -0.25) is 4.79 Å². The molecule has 3 rings (SSSR count). The van der Waals surface area contributed by atoms with Gasteiger partial charge in [-0.2, -0.15) is 0 Å². The van der Waals surface area contributed by atoms with Crippen LogP contribution in [0.4, 0.5) is 11.5 Å². The zero-order valence-electron chi connectivity index (χ0n) is 10.6. The summed E-state index contributed by atoms with van der Waals surface area (Å²) in [5.74, 6) is 0.177. The van der Waals surface area contributed by atoms with E-state index in [0.29, 0.717) is 11.5 Å². The average Bonchev–Trinajstić information content (AvgIpc) is 2.74. The van der Waals surface area contributed by atoms with Gasteiger partial charge in [0.05, 0.1) is 0 Å². The standard InChI is InChI=1S/C14H14N4O/c1-9-8-10-4-2-3-5-12(10)18(9)14(19)11-6-7-13(15)17-16-11/h2-7,9H,8H2,1H3,(H2,15,17). The van der Waals surface area contributed by atoms with E-state index in [1.807, 2.05) is 31.2 Å². The van der Waals surface area contributed by atoms with E-state index in [2.05, 4.69) is 10.2 Å². The summed E-state index contributed by atoms with van der Waals surface area (Å²) in [6.07, 6.45) is 0.865. The molecule has 1 aromatic heterocycles. The molecular weight excluding hydrogens is 240 g/mol. The Morgan fingerprint density at radius 1 is 1.26 bits per heavy atom.